The molecule has 5 heteroatoms. The van der Waals surface area contributed by atoms with E-state index in [1.54, 1.807) is 6.20 Å². The van der Waals surface area contributed by atoms with Gasteiger partial charge >= 0.3 is 0 Å². The van der Waals surface area contributed by atoms with Crippen molar-refractivity contribution in [1.29, 1.82) is 0 Å². The number of rotatable bonds is 4. The third-order valence-corrected chi connectivity index (χ3v) is 3.26. The summed E-state index contributed by atoms with van der Waals surface area (Å²) in [5, 5.41) is 3.05. The molecule has 0 aromatic carbocycles. The van der Waals surface area contributed by atoms with Crippen LogP contribution in [0.1, 0.15) is 31.7 Å². The van der Waals surface area contributed by atoms with Gasteiger partial charge in [-0.25, -0.2) is 4.98 Å². The van der Waals surface area contributed by atoms with Crippen LogP contribution >= 0.6 is 0 Å². The van der Waals surface area contributed by atoms with E-state index >= 15 is 0 Å². The Morgan fingerprint density at radius 2 is 2.35 bits per heavy atom. The zero-order chi connectivity index (χ0) is 12.1. The quantitative estimate of drug-likeness (QED) is 0.854. The lowest BCUT2D eigenvalue weighted by atomic mass is 9.90. The van der Waals surface area contributed by atoms with Gasteiger partial charge in [-0.1, -0.05) is 12.8 Å². The first kappa shape index (κ1) is 12.1. The molecule has 5 nitrogen and oxygen atoms in total. The second kappa shape index (κ2) is 5.82. The molecule has 1 aliphatic carbocycles. The lowest BCUT2D eigenvalue weighted by Crippen LogP contribution is -2.44. The predicted molar refractivity (Wildman–Crippen MR) is 63.5 cm³/mol. The predicted octanol–water partition coefficient (Wildman–Crippen LogP) is 1.13. The van der Waals surface area contributed by atoms with Crippen LogP contribution in [0.15, 0.2) is 18.7 Å². The molecule has 1 fully saturated rings. The summed E-state index contributed by atoms with van der Waals surface area (Å²) in [6.07, 6.45) is 10.1. The second-order valence-corrected chi connectivity index (χ2v) is 4.47. The van der Waals surface area contributed by atoms with Gasteiger partial charge in [0.25, 0.3) is 0 Å². The van der Waals surface area contributed by atoms with E-state index in [0.717, 1.165) is 12.8 Å². The molecule has 1 saturated carbocycles. The van der Waals surface area contributed by atoms with Gasteiger partial charge in [-0.3, -0.25) is 4.79 Å². The zero-order valence-corrected chi connectivity index (χ0v) is 10.1. The summed E-state index contributed by atoms with van der Waals surface area (Å²) in [5.74, 6) is -0.0375. The topological polar surface area (TPSA) is 56.1 Å². The van der Waals surface area contributed by atoms with E-state index in [2.05, 4.69) is 14.9 Å². The lowest BCUT2D eigenvalue weighted by molar-refractivity contribution is -0.126. The molecule has 0 bridgehead atoms. The van der Waals surface area contributed by atoms with Gasteiger partial charge in [0.05, 0.1) is 12.4 Å². The fraction of sp³-hybridized carbons (Fsp3) is 0.667. The number of carbonyl (C=O) groups excluding carboxylic acids is 1. The number of nitrogens with one attached hydrogen (secondary N) is 1. The van der Waals surface area contributed by atoms with E-state index in [4.69, 9.17) is 4.74 Å². The molecule has 1 heterocycles. The fourth-order valence-electron chi connectivity index (χ4n) is 2.48. The third-order valence-electron chi connectivity index (χ3n) is 3.26. The van der Waals surface area contributed by atoms with Crippen molar-refractivity contribution >= 4 is 5.91 Å². The van der Waals surface area contributed by atoms with Crippen LogP contribution in [0.4, 0.5) is 0 Å². The van der Waals surface area contributed by atoms with Gasteiger partial charge in [0.15, 0.2) is 0 Å². The van der Waals surface area contributed by atoms with Gasteiger partial charge in [-0.05, 0) is 12.8 Å². The number of hydrogen-bond donors (Lipinski definition) is 1. The summed E-state index contributed by atoms with van der Waals surface area (Å²) in [6, 6.07) is 0.521. The van der Waals surface area contributed by atoms with Crippen LogP contribution in [0.5, 0.6) is 0 Å². The Morgan fingerprint density at radius 1 is 1.53 bits per heavy atom. The first-order valence-corrected chi connectivity index (χ1v) is 6.07. The number of methoxy groups -OCH3 is 1. The van der Waals surface area contributed by atoms with Crippen LogP contribution in [0.3, 0.4) is 0 Å². The summed E-state index contributed by atoms with van der Waals surface area (Å²) in [4.78, 5) is 15.6. The molecule has 0 radical (unpaired) electrons. The van der Waals surface area contributed by atoms with Crippen LogP contribution in [0.25, 0.3) is 0 Å². The average Bonchev–Trinajstić information content (AvgIpc) is 2.83. The standard InChI is InChI=1S/C12H19N3O2/c1-17-8-12(16)14-10-4-2-3-5-11(10)15-7-6-13-9-15/h6-7,9-11H,2-5,8H2,1H3,(H,14,16)/t10-,11-/m1/s1. The molecular weight excluding hydrogens is 218 g/mol. The maximum absolute atomic E-state index is 11.6. The monoisotopic (exact) mass is 237 g/mol. The Morgan fingerprint density at radius 3 is 3.06 bits per heavy atom. The van der Waals surface area contributed by atoms with Crippen molar-refractivity contribution in [3.8, 4) is 0 Å². The number of hydrogen-bond acceptors (Lipinski definition) is 3. The Bertz CT molecular complexity index is 351. The SMILES string of the molecule is COCC(=O)N[C@@H]1CCCC[C@H]1n1ccnc1. The molecule has 1 amide bonds. The molecule has 1 aromatic rings. The van der Waals surface area contributed by atoms with E-state index in [-0.39, 0.29) is 18.6 Å². The maximum Gasteiger partial charge on any atom is 0.246 e. The molecule has 1 aliphatic rings. The van der Waals surface area contributed by atoms with E-state index in [1.807, 2.05) is 12.5 Å². The molecule has 94 valence electrons. The summed E-state index contributed by atoms with van der Waals surface area (Å²) in [5.41, 5.74) is 0. The Kier molecular flexibility index (Phi) is 4.14. The Hall–Kier alpha value is -1.36. The molecule has 2 rings (SSSR count). The highest BCUT2D eigenvalue weighted by molar-refractivity contribution is 5.77. The Balaban J connectivity index is 2.00. The highest BCUT2D eigenvalue weighted by Crippen LogP contribution is 2.28. The van der Waals surface area contributed by atoms with E-state index in [1.165, 1.54) is 20.0 Å². The average molecular weight is 237 g/mol. The van der Waals surface area contributed by atoms with Crippen molar-refractivity contribution in [3.05, 3.63) is 18.7 Å². The molecule has 2 atom stereocenters. The van der Waals surface area contributed by atoms with Gasteiger partial charge in [-0.15, -0.1) is 0 Å². The van der Waals surface area contributed by atoms with Crippen LogP contribution in [-0.2, 0) is 9.53 Å². The van der Waals surface area contributed by atoms with Crippen molar-refractivity contribution in [2.45, 2.75) is 37.8 Å². The molecule has 0 spiro atoms. The minimum atomic E-state index is -0.0375. The first-order chi connectivity index (χ1) is 8.31. The number of ether oxygens (including phenoxy) is 1. The minimum absolute atomic E-state index is 0.0375. The van der Waals surface area contributed by atoms with Gasteiger partial charge in [0.2, 0.25) is 5.91 Å². The highest BCUT2D eigenvalue weighted by Gasteiger charge is 2.27. The fourth-order valence-corrected chi connectivity index (χ4v) is 2.48. The van der Waals surface area contributed by atoms with Crippen molar-refractivity contribution in [1.82, 2.24) is 14.9 Å². The smallest absolute Gasteiger partial charge is 0.246 e. The molecule has 0 aliphatic heterocycles. The Labute approximate surface area is 101 Å². The number of nitrogens with zero attached hydrogens (tertiary/aromatic N) is 2. The molecule has 0 saturated heterocycles. The van der Waals surface area contributed by atoms with Crippen molar-refractivity contribution in [2.75, 3.05) is 13.7 Å². The van der Waals surface area contributed by atoms with Crippen molar-refractivity contribution < 1.29 is 9.53 Å². The van der Waals surface area contributed by atoms with Crippen LogP contribution in [0, 0.1) is 0 Å². The highest BCUT2D eigenvalue weighted by atomic mass is 16.5. The number of carbonyl (C=O) groups is 1. The summed E-state index contributed by atoms with van der Waals surface area (Å²) < 4.78 is 6.93. The minimum Gasteiger partial charge on any atom is -0.375 e. The zero-order valence-electron chi connectivity index (χ0n) is 10.1. The molecule has 17 heavy (non-hydrogen) atoms. The first-order valence-electron chi connectivity index (χ1n) is 6.07. The van der Waals surface area contributed by atoms with Gasteiger partial charge in [0, 0.05) is 25.5 Å². The number of imidazole rings is 1. The van der Waals surface area contributed by atoms with Crippen molar-refractivity contribution in [3.63, 3.8) is 0 Å². The number of amides is 1. The summed E-state index contributed by atoms with van der Waals surface area (Å²) in [7, 11) is 1.54. The molecule has 1 aromatic heterocycles. The number of aromatic nitrogens is 2. The van der Waals surface area contributed by atoms with E-state index < -0.39 is 0 Å². The molecular formula is C12H19N3O2. The normalized spacial score (nSPS) is 24.5. The van der Waals surface area contributed by atoms with Crippen LogP contribution < -0.4 is 5.32 Å². The largest absolute Gasteiger partial charge is 0.375 e. The summed E-state index contributed by atoms with van der Waals surface area (Å²) in [6.45, 7) is 0.132. The maximum atomic E-state index is 11.6. The molecule has 1 N–H and O–H groups in total. The van der Waals surface area contributed by atoms with Crippen LogP contribution in [0.2, 0.25) is 0 Å². The third kappa shape index (κ3) is 3.06. The van der Waals surface area contributed by atoms with Crippen LogP contribution in [-0.4, -0.2) is 35.2 Å². The lowest BCUT2D eigenvalue weighted by Gasteiger charge is -2.32. The van der Waals surface area contributed by atoms with E-state index in [0.29, 0.717) is 6.04 Å². The van der Waals surface area contributed by atoms with Gasteiger partial charge < -0.3 is 14.6 Å². The van der Waals surface area contributed by atoms with Gasteiger partial charge in [-0.2, -0.15) is 0 Å². The van der Waals surface area contributed by atoms with Gasteiger partial charge in [0.1, 0.15) is 6.61 Å². The van der Waals surface area contributed by atoms with E-state index in [9.17, 15) is 4.79 Å². The summed E-state index contributed by atoms with van der Waals surface area (Å²) >= 11 is 0. The second-order valence-electron chi connectivity index (χ2n) is 4.47. The van der Waals surface area contributed by atoms with Crippen molar-refractivity contribution in [2.24, 2.45) is 0 Å². The molecule has 0 unspecified atom stereocenters.